The Morgan fingerprint density at radius 2 is 1.83 bits per heavy atom. The predicted molar refractivity (Wildman–Crippen MR) is 113 cm³/mol. The number of aromatic nitrogens is 1. The summed E-state index contributed by atoms with van der Waals surface area (Å²) in [5.41, 5.74) is 2.24. The molecule has 0 saturated carbocycles. The van der Waals surface area contributed by atoms with Gasteiger partial charge in [-0.2, -0.15) is 0 Å². The standard InChI is InChI=1S/C22H30N4O4/c1-17-4-6-18(7-5-17)20-16-19(23-30-20)22(28)26(14-15-29-3)9-8-21(27)25-12-10-24(2)11-13-25/h4-7,16H,8-15H2,1-3H3. The van der Waals surface area contributed by atoms with Crippen LogP contribution in [0.2, 0.25) is 0 Å². The third-order valence-electron chi connectivity index (χ3n) is 5.37. The highest BCUT2D eigenvalue weighted by Crippen LogP contribution is 2.21. The number of hydrogen-bond donors (Lipinski definition) is 0. The van der Waals surface area contributed by atoms with E-state index in [0.29, 0.717) is 25.5 Å². The lowest BCUT2D eigenvalue weighted by Crippen LogP contribution is -2.48. The summed E-state index contributed by atoms with van der Waals surface area (Å²) in [5, 5.41) is 3.96. The van der Waals surface area contributed by atoms with Crippen molar-refractivity contribution in [1.82, 2.24) is 19.9 Å². The third-order valence-corrected chi connectivity index (χ3v) is 5.37. The summed E-state index contributed by atoms with van der Waals surface area (Å²) in [6.07, 6.45) is 0.280. The molecule has 0 N–H and O–H groups in total. The Morgan fingerprint density at radius 1 is 1.13 bits per heavy atom. The zero-order valence-electron chi connectivity index (χ0n) is 18.0. The number of piperazine rings is 1. The van der Waals surface area contributed by atoms with Gasteiger partial charge in [-0.1, -0.05) is 35.0 Å². The fraction of sp³-hybridized carbons (Fsp3) is 0.500. The molecular weight excluding hydrogens is 384 g/mol. The summed E-state index contributed by atoms with van der Waals surface area (Å²) in [6.45, 7) is 6.30. The quantitative estimate of drug-likeness (QED) is 0.657. The Kier molecular flexibility index (Phi) is 7.59. The molecule has 8 heteroatoms. The van der Waals surface area contributed by atoms with E-state index in [0.717, 1.165) is 37.3 Å². The molecule has 1 aromatic heterocycles. The van der Waals surface area contributed by atoms with Crippen molar-refractivity contribution in [2.24, 2.45) is 0 Å². The molecule has 1 saturated heterocycles. The van der Waals surface area contributed by atoms with Gasteiger partial charge in [0.1, 0.15) is 0 Å². The molecule has 2 heterocycles. The minimum Gasteiger partial charge on any atom is -0.383 e. The van der Waals surface area contributed by atoms with Crippen molar-refractivity contribution in [3.63, 3.8) is 0 Å². The van der Waals surface area contributed by atoms with E-state index in [4.69, 9.17) is 9.26 Å². The number of benzene rings is 1. The zero-order valence-corrected chi connectivity index (χ0v) is 18.0. The summed E-state index contributed by atoms with van der Waals surface area (Å²) in [5.74, 6) is 0.345. The van der Waals surface area contributed by atoms with Gasteiger partial charge in [-0.3, -0.25) is 9.59 Å². The first-order valence-corrected chi connectivity index (χ1v) is 10.3. The molecule has 3 rings (SSSR count). The molecule has 1 aromatic carbocycles. The largest absolute Gasteiger partial charge is 0.383 e. The monoisotopic (exact) mass is 414 g/mol. The van der Waals surface area contributed by atoms with Crippen LogP contribution in [0.1, 0.15) is 22.5 Å². The van der Waals surface area contributed by atoms with Crippen molar-refractivity contribution in [2.75, 3.05) is 60.0 Å². The van der Waals surface area contributed by atoms with E-state index in [1.54, 1.807) is 18.1 Å². The molecule has 2 aromatic rings. The van der Waals surface area contributed by atoms with Gasteiger partial charge in [-0.25, -0.2) is 0 Å². The Hall–Kier alpha value is -2.71. The highest BCUT2D eigenvalue weighted by Gasteiger charge is 2.23. The van der Waals surface area contributed by atoms with Gasteiger partial charge in [0.2, 0.25) is 5.91 Å². The molecule has 0 unspecified atom stereocenters. The minimum absolute atomic E-state index is 0.0683. The third kappa shape index (κ3) is 5.67. The summed E-state index contributed by atoms with van der Waals surface area (Å²) in [6, 6.07) is 9.47. The second-order valence-corrected chi connectivity index (χ2v) is 7.66. The SMILES string of the molecule is COCCN(CCC(=O)N1CCN(C)CC1)C(=O)c1cc(-c2ccc(C)cc2)on1. The van der Waals surface area contributed by atoms with Crippen LogP contribution in [0.25, 0.3) is 11.3 Å². The van der Waals surface area contributed by atoms with Gasteiger partial charge < -0.3 is 24.0 Å². The molecule has 2 amide bonds. The van der Waals surface area contributed by atoms with E-state index < -0.39 is 0 Å². The van der Waals surface area contributed by atoms with Gasteiger partial charge in [0.05, 0.1) is 6.61 Å². The van der Waals surface area contributed by atoms with Crippen LogP contribution in [0.4, 0.5) is 0 Å². The Morgan fingerprint density at radius 3 is 2.50 bits per heavy atom. The van der Waals surface area contributed by atoms with Crippen molar-refractivity contribution in [2.45, 2.75) is 13.3 Å². The minimum atomic E-state index is -0.264. The van der Waals surface area contributed by atoms with Crippen LogP contribution in [0.5, 0.6) is 0 Å². The van der Waals surface area contributed by atoms with Crippen molar-refractivity contribution >= 4 is 11.8 Å². The van der Waals surface area contributed by atoms with Crippen molar-refractivity contribution in [3.8, 4) is 11.3 Å². The van der Waals surface area contributed by atoms with Gasteiger partial charge in [0.25, 0.3) is 5.91 Å². The van der Waals surface area contributed by atoms with Gasteiger partial charge in [-0.15, -0.1) is 0 Å². The maximum Gasteiger partial charge on any atom is 0.276 e. The highest BCUT2D eigenvalue weighted by atomic mass is 16.5. The van der Waals surface area contributed by atoms with Crippen LogP contribution in [-0.2, 0) is 9.53 Å². The molecule has 1 aliphatic heterocycles. The van der Waals surface area contributed by atoms with Crippen LogP contribution in [0.3, 0.4) is 0 Å². The molecule has 0 spiro atoms. The average Bonchev–Trinajstić information content (AvgIpc) is 3.24. The first kappa shape index (κ1) is 22.0. The summed E-state index contributed by atoms with van der Waals surface area (Å²) < 4.78 is 10.5. The summed E-state index contributed by atoms with van der Waals surface area (Å²) >= 11 is 0. The first-order chi connectivity index (χ1) is 14.5. The fourth-order valence-electron chi connectivity index (χ4n) is 3.35. The predicted octanol–water partition coefficient (Wildman–Crippen LogP) is 1.90. The van der Waals surface area contributed by atoms with Crippen LogP contribution >= 0.6 is 0 Å². The number of amides is 2. The maximum absolute atomic E-state index is 13.0. The smallest absolute Gasteiger partial charge is 0.276 e. The molecular formula is C22H30N4O4. The van der Waals surface area contributed by atoms with E-state index in [1.165, 1.54) is 0 Å². The number of aryl methyl sites for hydroxylation is 1. The lowest BCUT2D eigenvalue weighted by molar-refractivity contribution is -0.133. The Balaban J connectivity index is 1.63. The lowest BCUT2D eigenvalue weighted by Gasteiger charge is -2.33. The number of rotatable bonds is 8. The number of likely N-dealkylation sites (N-methyl/N-ethyl adjacent to an activating group) is 1. The molecule has 1 fully saturated rings. The maximum atomic E-state index is 13.0. The number of nitrogens with zero attached hydrogens (tertiary/aromatic N) is 4. The number of ether oxygens (including phenoxy) is 1. The van der Waals surface area contributed by atoms with E-state index in [2.05, 4.69) is 17.1 Å². The number of methoxy groups -OCH3 is 1. The van der Waals surface area contributed by atoms with Crippen LogP contribution < -0.4 is 0 Å². The first-order valence-electron chi connectivity index (χ1n) is 10.3. The lowest BCUT2D eigenvalue weighted by atomic mass is 10.1. The second kappa shape index (κ2) is 10.4. The Labute approximate surface area is 177 Å². The van der Waals surface area contributed by atoms with Crippen LogP contribution in [0.15, 0.2) is 34.9 Å². The average molecular weight is 415 g/mol. The van der Waals surface area contributed by atoms with E-state index >= 15 is 0 Å². The van der Waals surface area contributed by atoms with E-state index in [1.807, 2.05) is 36.1 Å². The number of carbonyl (C=O) groups is 2. The molecule has 0 bridgehead atoms. The second-order valence-electron chi connectivity index (χ2n) is 7.66. The van der Waals surface area contributed by atoms with Crippen molar-refractivity contribution in [3.05, 3.63) is 41.6 Å². The van der Waals surface area contributed by atoms with Crippen molar-refractivity contribution < 1.29 is 18.8 Å². The normalized spacial score (nSPS) is 14.7. The molecule has 0 aliphatic carbocycles. The molecule has 30 heavy (non-hydrogen) atoms. The van der Waals surface area contributed by atoms with E-state index in [9.17, 15) is 9.59 Å². The topological polar surface area (TPSA) is 79.1 Å². The zero-order chi connectivity index (χ0) is 21.5. The van der Waals surface area contributed by atoms with E-state index in [-0.39, 0.29) is 23.9 Å². The number of carbonyl (C=O) groups excluding carboxylic acids is 2. The molecule has 0 atom stereocenters. The van der Waals surface area contributed by atoms with Crippen LogP contribution in [0, 0.1) is 6.92 Å². The van der Waals surface area contributed by atoms with Gasteiger partial charge >= 0.3 is 0 Å². The molecule has 8 nitrogen and oxygen atoms in total. The number of hydrogen-bond acceptors (Lipinski definition) is 6. The highest BCUT2D eigenvalue weighted by molar-refractivity contribution is 5.93. The van der Waals surface area contributed by atoms with Gasteiger partial charge in [0.15, 0.2) is 11.5 Å². The van der Waals surface area contributed by atoms with Crippen molar-refractivity contribution in [1.29, 1.82) is 0 Å². The molecule has 0 radical (unpaired) electrons. The Bertz CT molecular complexity index is 841. The summed E-state index contributed by atoms with van der Waals surface area (Å²) in [7, 11) is 3.64. The molecule has 162 valence electrons. The fourth-order valence-corrected chi connectivity index (χ4v) is 3.35. The molecule has 1 aliphatic rings. The van der Waals surface area contributed by atoms with Gasteiger partial charge in [-0.05, 0) is 14.0 Å². The van der Waals surface area contributed by atoms with Gasteiger partial charge in [0, 0.05) is 64.4 Å². The van der Waals surface area contributed by atoms with Crippen LogP contribution in [-0.4, -0.2) is 91.7 Å². The summed E-state index contributed by atoms with van der Waals surface area (Å²) in [4.78, 5) is 31.2.